The van der Waals surface area contributed by atoms with Gasteiger partial charge < -0.3 is 14.7 Å². The molecule has 0 aliphatic heterocycles. The molecule has 0 aliphatic rings. The number of carbonyl (C=O) groups excluding carboxylic acids is 1. The Bertz CT molecular complexity index is 391. The van der Waals surface area contributed by atoms with Crippen LogP contribution in [-0.2, 0) is 14.3 Å². The molecule has 0 saturated carbocycles. The molecule has 0 unspecified atom stereocenters. The van der Waals surface area contributed by atoms with Crippen LogP contribution < -0.4 is 4.90 Å². The molecule has 0 atom stereocenters. The number of carboxylic acid groups (broad SMARTS) is 1. The number of carbonyl (C=O) groups is 2. The van der Waals surface area contributed by atoms with Crippen LogP contribution in [0.1, 0.15) is 12.8 Å². The zero-order valence-corrected chi connectivity index (χ0v) is 10.3. The van der Waals surface area contributed by atoms with E-state index in [0.717, 1.165) is 0 Å². The van der Waals surface area contributed by atoms with E-state index in [1.807, 2.05) is 18.2 Å². The Morgan fingerprint density at radius 2 is 1.89 bits per heavy atom. The van der Waals surface area contributed by atoms with Gasteiger partial charge in [-0.2, -0.15) is 0 Å². The molecule has 5 nitrogen and oxygen atoms in total. The van der Waals surface area contributed by atoms with Crippen LogP contribution >= 0.6 is 0 Å². The highest BCUT2D eigenvalue weighted by Crippen LogP contribution is 2.15. The van der Waals surface area contributed by atoms with Gasteiger partial charge in [-0.15, -0.1) is 0 Å². The van der Waals surface area contributed by atoms with Crippen molar-refractivity contribution >= 4 is 17.6 Å². The third-order valence-electron chi connectivity index (χ3n) is 2.44. The molecule has 5 heteroatoms. The molecule has 0 saturated heterocycles. The third-order valence-corrected chi connectivity index (χ3v) is 2.44. The fourth-order valence-corrected chi connectivity index (χ4v) is 1.54. The van der Waals surface area contributed by atoms with Gasteiger partial charge in [-0.1, -0.05) is 18.2 Å². The van der Waals surface area contributed by atoms with Crippen molar-refractivity contribution in [3.8, 4) is 0 Å². The maximum atomic E-state index is 12.0. The third kappa shape index (κ3) is 4.55. The Kier molecular flexibility index (Phi) is 5.87. The number of rotatable bonds is 7. The van der Waals surface area contributed by atoms with Crippen LogP contribution in [0.25, 0.3) is 0 Å². The first kappa shape index (κ1) is 14.2. The minimum absolute atomic E-state index is 0.0758. The molecular weight excluding hydrogens is 234 g/mol. The first-order valence-corrected chi connectivity index (χ1v) is 5.71. The van der Waals surface area contributed by atoms with E-state index >= 15 is 0 Å². The van der Waals surface area contributed by atoms with Crippen LogP contribution in [0.4, 0.5) is 5.69 Å². The van der Waals surface area contributed by atoms with Crippen molar-refractivity contribution in [2.75, 3.05) is 25.2 Å². The second-order valence-electron chi connectivity index (χ2n) is 3.77. The van der Waals surface area contributed by atoms with Crippen LogP contribution in [0.2, 0.25) is 0 Å². The Morgan fingerprint density at radius 1 is 1.22 bits per heavy atom. The number of aliphatic carboxylic acids is 1. The quantitative estimate of drug-likeness (QED) is 0.798. The number of hydrogen-bond donors (Lipinski definition) is 1. The standard InChI is InChI=1S/C13H17NO4/c1-18-10-8-12(15)14(9-7-13(16)17)11-5-3-2-4-6-11/h2-6H,7-10H2,1H3,(H,16,17). The largest absolute Gasteiger partial charge is 0.481 e. The number of ether oxygens (including phenoxy) is 1. The number of anilines is 1. The molecule has 1 aromatic carbocycles. The second-order valence-corrected chi connectivity index (χ2v) is 3.77. The average Bonchev–Trinajstić information content (AvgIpc) is 2.37. The van der Waals surface area contributed by atoms with Gasteiger partial charge in [-0.3, -0.25) is 9.59 Å². The van der Waals surface area contributed by atoms with E-state index in [9.17, 15) is 9.59 Å². The first-order chi connectivity index (χ1) is 8.65. The van der Waals surface area contributed by atoms with Gasteiger partial charge in [-0.25, -0.2) is 0 Å². The number of carboxylic acids is 1. The Hall–Kier alpha value is -1.88. The van der Waals surface area contributed by atoms with Gasteiger partial charge in [0.15, 0.2) is 0 Å². The predicted octanol–water partition coefficient (Wildman–Crippen LogP) is 1.53. The fourth-order valence-electron chi connectivity index (χ4n) is 1.54. The number of benzene rings is 1. The summed E-state index contributed by atoms with van der Waals surface area (Å²) in [4.78, 5) is 24.1. The van der Waals surface area contributed by atoms with Crippen LogP contribution in [-0.4, -0.2) is 37.2 Å². The summed E-state index contributed by atoms with van der Waals surface area (Å²) in [5, 5.41) is 8.70. The summed E-state index contributed by atoms with van der Waals surface area (Å²) in [7, 11) is 1.53. The van der Waals surface area contributed by atoms with Gasteiger partial charge in [0.25, 0.3) is 0 Å². The minimum Gasteiger partial charge on any atom is -0.481 e. The number of hydrogen-bond acceptors (Lipinski definition) is 3. The molecule has 0 radical (unpaired) electrons. The summed E-state index contributed by atoms with van der Waals surface area (Å²) in [6.45, 7) is 0.497. The normalized spacial score (nSPS) is 10.1. The highest BCUT2D eigenvalue weighted by atomic mass is 16.5. The van der Waals surface area contributed by atoms with Crippen molar-refractivity contribution in [2.45, 2.75) is 12.8 Å². The topological polar surface area (TPSA) is 66.8 Å². The summed E-state index contributed by atoms with van der Waals surface area (Å²) in [5.74, 6) is -1.06. The van der Waals surface area contributed by atoms with Gasteiger partial charge in [-0.05, 0) is 12.1 Å². The number of para-hydroxylation sites is 1. The molecule has 0 heterocycles. The van der Waals surface area contributed by atoms with Crippen molar-refractivity contribution in [1.82, 2.24) is 0 Å². The van der Waals surface area contributed by atoms with Crippen molar-refractivity contribution in [3.63, 3.8) is 0 Å². The van der Waals surface area contributed by atoms with Crippen LogP contribution in [0.3, 0.4) is 0 Å². The molecule has 1 amide bonds. The molecule has 98 valence electrons. The lowest BCUT2D eigenvalue weighted by molar-refractivity contribution is -0.136. The first-order valence-electron chi connectivity index (χ1n) is 5.71. The SMILES string of the molecule is COCCC(=O)N(CCC(=O)O)c1ccccc1. The summed E-state index contributed by atoms with van der Waals surface area (Å²) in [6.07, 6.45) is 0.165. The van der Waals surface area contributed by atoms with E-state index in [-0.39, 0.29) is 25.3 Å². The van der Waals surface area contributed by atoms with E-state index < -0.39 is 5.97 Å². The maximum Gasteiger partial charge on any atom is 0.305 e. The van der Waals surface area contributed by atoms with E-state index in [1.54, 1.807) is 12.1 Å². The molecule has 18 heavy (non-hydrogen) atoms. The second kappa shape index (κ2) is 7.45. The summed E-state index contributed by atoms with van der Waals surface area (Å²) in [5.41, 5.74) is 0.708. The van der Waals surface area contributed by atoms with Crippen molar-refractivity contribution in [2.24, 2.45) is 0 Å². The van der Waals surface area contributed by atoms with E-state index in [4.69, 9.17) is 9.84 Å². The Labute approximate surface area is 106 Å². The van der Waals surface area contributed by atoms with Crippen molar-refractivity contribution < 1.29 is 19.4 Å². The van der Waals surface area contributed by atoms with E-state index in [1.165, 1.54) is 12.0 Å². The Balaban J connectivity index is 2.74. The van der Waals surface area contributed by atoms with Gasteiger partial charge in [0.1, 0.15) is 0 Å². The van der Waals surface area contributed by atoms with E-state index in [2.05, 4.69) is 0 Å². The number of nitrogens with zero attached hydrogens (tertiary/aromatic N) is 1. The average molecular weight is 251 g/mol. The molecule has 0 spiro atoms. The highest BCUT2D eigenvalue weighted by molar-refractivity contribution is 5.93. The highest BCUT2D eigenvalue weighted by Gasteiger charge is 2.16. The zero-order valence-electron chi connectivity index (χ0n) is 10.3. The lowest BCUT2D eigenvalue weighted by Gasteiger charge is -2.22. The number of amides is 1. The maximum absolute atomic E-state index is 12.0. The van der Waals surface area contributed by atoms with Crippen LogP contribution in [0, 0.1) is 0 Å². The fraction of sp³-hybridized carbons (Fsp3) is 0.385. The molecule has 0 aromatic heterocycles. The lowest BCUT2D eigenvalue weighted by atomic mass is 10.2. The molecule has 1 rings (SSSR count). The van der Waals surface area contributed by atoms with Crippen LogP contribution in [0.15, 0.2) is 30.3 Å². The van der Waals surface area contributed by atoms with Gasteiger partial charge >= 0.3 is 5.97 Å². The summed E-state index contributed by atoms with van der Waals surface area (Å²) < 4.78 is 4.86. The molecular formula is C13H17NO4. The van der Waals surface area contributed by atoms with Crippen molar-refractivity contribution in [1.29, 1.82) is 0 Å². The van der Waals surface area contributed by atoms with Crippen LogP contribution in [0.5, 0.6) is 0 Å². The molecule has 0 fully saturated rings. The zero-order chi connectivity index (χ0) is 13.4. The molecule has 0 aliphatic carbocycles. The Morgan fingerprint density at radius 3 is 2.44 bits per heavy atom. The predicted molar refractivity (Wildman–Crippen MR) is 67.5 cm³/mol. The smallest absolute Gasteiger partial charge is 0.305 e. The van der Waals surface area contributed by atoms with Crippen molar-refractivity contribution in [3.05, 3.63) is 30.3 Å². The van der Waals surface area contributed by atoms with E-state index in [0.29, 0.717) is 12.3 Å². The summed E-state index contributed by atoms with van der Waals surface area (Å²) >= 11 is 0. The number of methoxy groups -OCH3 is 1. The monoisotopic (exact) mass is 251 g/mol. The summed E-state index contributed by atoms with van der Waals surface area (Å²) in [6, 6.07) is 9.04. The molecule has 1 aromatic rings. The minimum atomic E-state index is -0.921. The molecule has 1 N–H and O–H groups in total. The van der Waals surface area contributed by atoms with Gasteiger partial charge in [0.2, 0.25) is 5.91 Å². The lowest BCUT2D eigenvalue weighted by Crippen LogP contribution is -2.33. The molecule has 0 bridgehead atoms. The van der Waals surface area contributed by atoms with Gasteiger partial charge in [0.05, 0.1) is 19.4 Å². The van der Waals surface area contributed by atoms with Gasteiger partial charge in [0, 0.05) is 19.3 Å².